The van der Waals surface area contributed by atoms with E-state index in [0.29, 0.717) is 18.5 Å². The lowest BCUT2D eigenvalue weighted by molar-refractivity contribution is 0.0584. The summed E-state index contributed by atoms with van der Waals surface area (Å²) in [6.45, 7) is 6.09. The highest BCUT2D eigenvalue weighted by Gasteiger charge is 2.29. The van der Waals surface area contributed by atoms with Crippen LogP contribution in [0.15, 0.2) is 18.2 Å². The van der Waals surface area contributed by atoms with E-state index >= 15 is 0 Å². The van der Waals surface area contributed by atoms with Crippen molar-refractivity contribution >= 4 is 11.8 Å². The Balaban J connectivity index is 2.28. The SMILES string of the molecule is CC(C)(C)OC(=O)N1CCc2c(C#N)cccc21. The van der Waals surface area contributed by atoms with Gasteiger partial charge in [0.25, 0.3) is 0 Å². The number of anilines is 1. The summed E-state index contributed by atoms with van der Waals surface area (Å²) < 4.78 is 5.36. The molecule has 18 heavy (non-hydrogen) atoms. The molecule has 0 aromatic heterocycles. The van der Waals surface area contributed by atoms with Gasteiger partial charge in [-0.2, -0.15) is 5.26 Å². The largest absolute Gasteiger partial charge is 0.443 e. The minimum absolute atomic E-state index is 0.351. The lowest BCUT2D eigenvalue weighted by atomic mass is 10.1. The van der Waals surface area contributed by atoms with Gasteiger partial charge >= 0.3 is 6.09 Å². The first-order valence-electron chi connectivity index (χ1n) is 5.95. The van der Waals surface area contributed by atoms with Gasteiger partial charge in [0.05, 0.1) is 17.3 Å². The van der Waals surface area contributed by atoms with E-state index in [2.05, 4.69) is 6.07 Å². The highest BCUT2D eigenvalue weighted by Crippen LogP contribution is 2.31. The Hall–Kier alpha value is -2.02. The van der Waals surface area contributed by atoms with Crippen LogP contribution in [0.2, 0.25) is 0 Å². The molecule has 94 valence electrons. The molecule has 4 heteroatoms. The van der Waals surface area contributed by atoms with E-state index in [0.717, 1.165) is 11.3 Å². The molecule has 1 aliphatic rings. The van der Waals surface area contributed by atoms with Crippen molar-refractivity contribution < 1.29 is 9.53 Å². The zero-order valence-electron chi connectivity index (χ0n) is 10.9. The van der Waals surface area contributed by atoms with Crippen molar-refractivity contribution in [1.29, 1.82) is 5.26 Å². The van der Waals surface area contributed by atoms with E-state index in [-0.39, 0.29) is 6.09 Å². The molecule has 0 bridgehead atoms. The quantitative estimate of drug-likeness (QED) is 0.705. The fourth-order valence-corrected chi connectivity index (χ4v) is 2.05. The fraction of sp³-hybridized carbons (Fsp3) is 0.429. The van der Waals surface area contributed by atoms with Gasteiger partial charge in [0.1, 0.15) is 5.60 Å². The van der Waals surface area contributed by atoms with Gasteiger partial charge < -0.3 is 4.74 Å². The highest BCUT2D eigenvalue weighted by molar-refractivity contribution is 5.91. The topological polar surface area (TPSA) is 53.3 Å². The molecule has 1 aromatic carbocycles. The van der Waals surface area contributed by atoms with E-state index in [4.69, 9.17) is 10.00 Å². The molecule has 0 fully saturated rings. The third-order valence-corrected chi connectivity index (χ3v) is 2.76. The van der Waals surface area contributed by atoms with Gasteiger partial charge in [-0.1, -0.05) is 6.07 Å². The maximum Gasteiger partial charge on any atom is 0.414 e. The van der Waals surface area contributed by atoms with E-state index in [9.17, 15) is 4.79 Å². The predicted octanol–water partition coefficient (Wildman–Crippen LogP) is 2.86. The second-order valence-electron chi connectivity index (χ2n) is 5.30. The first-order valence-corrected chi connectivity index (χ1v) is 5.95. The van der Waals surface area contributed by atoms with Crippen molar-refractivity contribution in [3.05, 3.63) is 29.3 Å². The number of fused-ring (bicyclic) bond motifs is 1. The molecule has 0 saturated heterocycles. The number of nitriles is 1. The Morgan fingerprint density at radius 2 is 2.17 bits per heavy atom. The van der Waals surface area contributed by atoms with Crippen LogP contribution in [0.1, 0.15) is 31.9 Å². The van der Waals surface area contributed by atoms with Crippen LogP contribution in [0, 0.1) is 11.3 Å². The number of hydrogen-bond acceptors (Lipinski definition) is 3. The number of rotatable bonds is 0. The van der Waals surface area contributed by atoms with Crippen LogP contribution in [0.4, 0.5) is 10.5 Å². The first kappa shape index (κ1) is 12.4. The van der Waals surface area contributed by atoms with Crippen molar-refractivity contribution in [2.24, 2.45) is 0 Å². The standard InChI is InChI=1S/C14H16N2O2/c1-14(2,3)18-13(17)16-8-7-11-10(9-15)5-4-6-12(11)16/h4-6H,7-8H2,1-3H3. The monoisotopic (exact) mass is 244 g/mol. The van der Waals surface area contributed by atoms with Crippen molar-refractivity contribution in [1.82, 2.24) is 0 Å². The van der Waals surface area contributed by atoms with Crippen molar-refractivity contribution in [2.45, 2.75) is 32.8 Å². The minimum atomic E-state index is -0.507. The molecule has 4 nitrogen and oxygen atoms in total. The Kier molecular flexibility index (Phi) is 3.00. The third-order valence-electron chi connectivity index (χ3n) is 2.76. The molecule has 0 atom stereocenters. The Labute approximate surface area is 107 Å². The summed E-state index contributed by atoms with van der Waals surface area (Å²) in [5.74, 6) is 0. The average molecular weight is 244 g/mol. The molecule has 0 saturated carbocycles. The Morgan fingerprint density at radius 1 is 1.44 bits per heavy atom. The van der Waals surface area contributed by atoms with Crippen LogP contribution in [0.3, 0.4) is 0 Å². The molecule has 1 aliphatic heterocycles. The molecule has 2 rings (SSSR count). The van der Waals surface area contributed by atoms with Crippen molar-refractivity contribution in [2.75, 3.05) is 11.4 Å². The number of ether oxygens (including phenoxy) is 1. The number of hydrogen-bond donors (Lipinski definition) is 0. The van der Waals surface area contributed by atoms with Crippen molar-refractivity contribution in [3.8, 4) is 6.07 Å². The molecule has 1 amide bonds. The van der Waals surface area contributed by atoms with Gasteiger partial charge in [0, 0.05) is 6.54 Å². The van der Waals surface area contributed by atoms with E-state index in [1.54, 1.807) is 17.0 Å². The average Bonchev–Trinajstić information content (AvgIpc) is 2.69. The summed E-state index contributed by atoms with van der Waals surface area (Å²) in [6.07, 6.45) is 0.356. The van der Waals surface area contributed by atoms with Crippen LogP contribution < -0.4 is 4.90 Å². The summed E-state index contributed by atoms with van der Waals surface area (Å²) >= 11 is 0. The molecular weight excluding hydrogens is 228 g/mol. The van der Waals surface area contributed by atoms with E-state index in [1.807, 2.05) is 26.8 Å². The molecule has 1 heterocycles. The molecule has 0 radical (unpaired) electrons. The second-order valence-corrected chi connectivity index (χ2v) is 5.30. The van der Waals surface area contributed by atoms with Crippen LogP contribution >= 0.6 is 0 Å². The molecule has 0 spiro atoms. The third kappa shape index (κ3) is 2.30. The van der Waals surface area contributed by atoms with Gasteiger partial charge in [-0.05, 0) is 44.9 Å². The second kappa shape index (κ2) is 4.34. The van der Waals surface area contributed by atoms with Crippen LogP contribution in [-0.4, -0.2) is 18.2 Å². The fourth-order valence-electron chi connectivity index (χ4n) is 2.05. The first-order chi connectivity index (χ1) is 8.42. The van der Waals surface area contributed by atoms with Gasteiger partial charge in [-0.25, -0.2) is 4.79 Å². The molecular formula is C14H16N2O2. The predicted molar refractivity (Wildman–Crippen MR) is 68.4 cm³/mol. The summed E-state index contributed by atoms with van der Waals surface area (Å²) in [5, 5.41) is 9.03. The van der Waals surface area contributed by atoms with Gasteiger partial charge in [0.2, 0.25) is 0 Å². The molecule has 0 aliphatic carbocycles. The van der Waals surface area contributed by atoms with Gasteiger partial charge in [-0.15, -0.1) is 0 Å². The lowest BCUT2D eigenvalue weighted by Gasteiger charge is -2.24. The van der Waals surface area contributed by atoms with E-state index in [1.165, 1.54) is 0 Å². The highest BCUT2D eigenvalue weighted by atomic mass is 16.6. The van der Waals surface area contributed by atoms with Crippen LogP contribution in [0.5, 0.6) is 0 Å². The molecule has 0 N–H and O–H groups in total. The lowest BCUT2D eigenvalue weighted by Crippen LogP contribution is -2.35. The number of carbonyl (C=O) groups is 1. The summed E-state index contributed by atoms with van der Waals surface area (Å²) in [7, 11) is 0. The maximum atomic E-state index is 12.0. The summed E-state index contributed by atoms with van der Waals surface area (Å²) in [6, 6.07) is 7.58. The number of benzene rings is 1. The Bertz CT molecular complexity index is 524. The summed E-state index contributed by atoms with van der Waals surface area (Å²) in [4.78, 5) is 13.6. The van der Waals surface area contributed by atoms with Crippen LogP contribution in [0.25, 0.3) is 0 Å². The number of carbonyl (C=O) groups excluding carboxylic acids is 1. The molecule has 0 unspecified atom stereocenters. The normalized spacial score (nSPS) is 14.0. The van der Waals surface area contributed by atoms with Crippen LogP contribution in [-0.2, 0) is 11.2 Å². The molecule has 1 aromatic rings. The van der Waals surface area contributed by atoms with Gasteiger partial charge in [-0.3, -0.25) is 4.90 Å². The van der Waals surface area contributed by atoms with Gasteiger partial charge in [0.15, 0.2) is 0 Å². The summed E-state index contributed by atoms with van der Waals surface area (Å²) in [5.41, 5.74) is 1.86. The zero-order chi connectivity index (χ0) is 13.3. The smallest absolute Gasteiger partial charge is 0.414 e. The van der Waals surface area contributed by atoms with E-state index < -0.39 is 5.60 Å². The van der Waals surface area contributed by atoms with Crippen molar-refractivity contribution in [3.63, 3.8) is 0 Å². The maximum absolute atomic E-state index is 12.0. The number of nitrogens with zero attached hydrogens (tertiary/aromatic N) is 2. The zero-order valence-corrected chi connectivity index (χ0v) is 10.9. The number of amides is 1. The Morgan fingerprint density at radius 3 is 2.78 bits per heavy atom. The minimum Gasteiger partial charge on any atom is -0.443 e.